The maximum Gasteiger partial charge on any atom is 0.327 e. The Morgan fingerprint density at radius 3 is 2.58 bits per heavy atom. The van der Waals surface area contributed by atoms with Gasteiger partial charge < -0.3 is 9.84 Å². The number of hydrogen-bond donors (Lipinski definition) is 1. The minimum absolute atomic E-state index is 0.628. The van der Waals surface area contributed by atoms with Gasteiger partial charge in [0.15, 0.2) is 0 Å². The van der Waals surface area contributed by atoms with E-state index in [9.17, 15) is 4.79 Å². The Morgan fingerprint density at radius 2 is 1.95 bits per heavy atom. The molecule has 0 aliphatic rings. The van der Waals surface area contributed by atoms with Crippen LogP contribution in [0.25, 0.3) is 0 Å². The zero-order valence-corrected chi connectivity index (χ0v) is 11.5. The lowest BCUT2D eigenvalue weighted by molar-refractivity contribution is -0.131. The average molecular weight is 262 g/mol. The molecule has 104 valence electrons. The molecule has 0 aliphatic heterocycles. The molecule has 0 heterocycles. The molecule has 0 spiro atoms. The molecule has 0 unspecified atom stereocenters. The van der Waals surface area contributed by atoms with Crippen LogP contribution in [0.15, 0.2) is 36.4 Å². The van der Waals surface area contributed by atoms with Gasteiger partial charge in [0.2, 0.25) is 0 Å². The van der Waals surface area contributed by atoms with E-state index in [4.69, 9.17) is 9.84 Å². The zero-order chi connectivity index (χ0) is 13.9. The third-order valence-corrected chi connectivity index (χ3v) is 2.80. The van der Waals surface area contributed by atoms with Crippen molar-refractivity contribution in [3.63, 3.8) is 0 Å². The van der Waals surface area contributed by atoms with Gasteiger partial charge in [-0.3, -0.25) is 0 Å². The fraction of sp³-hybridized carbons (Fsp3) is 0.438. The summed E-state index contributed by atoms with van der Waals surface area (Å²) in [6.45, 7) is 2.96. The van der Waals surface area contributed by atoms with E-state index < -0.39 is 5.97 Å². The first-order valence-corrected chi connectivity index (χ1v) is 6.83. The van der Waals surface area contributed by atoms with E-state index in [0.717, 1.165) is 30.4 Å². The quantitative estimate of drug-likeness (QED) is 0.543. The standard InChI is InChI=1S/C16H22O3/c1-2-3-4-5-13-19-15-11-9-14(10-12-15)7-6-8-16(17)18/h6,8-12H,2-5,7,13H2,1H3,(H,17,18)/b8-6+. The van der Waals surface area contributed by atoms with E-state index in [1.165, 1.54) is 19.3 Å². The number of carboxylic acids is 1. The van der Waals surface area contributed by atoms with E-state index in [1.807, 2.05) is 24.3 Å². The van der Waals surface area contributed by atoms with Crippen molar-refractivity contribution in [3.8, 4) is 5.75 Å². The molecule has 0 fully saturated rings. The monoisotopic (exact) mass is 262 g/mol. The van der Waals surface area contributed by atoms with Crippen LogP contribution in [0.4, 0.5) is 0 Å². The van der Waals surface area contributed by atoms with Crippen molar-refractivity contribution in [1.82, 2.24) is 0 Å². The molecule has 0 saturated heterocycles. The number of carbonyl (C=O) groups is 1. The Bertz CT molecular complexity index is 393. The Labute approximate surface area is 114 Å². The molecule has 1 rings (SSSR count). The van der Waals surface area contributed by atoms with Crippen molar-refractivity contribution in [2.75, 3.05) is 6.61 Å². The lowest BCUT2D eigenvalue weighted by Gasteiger charge is -2.06. The summed E-state index contributed by atoms with van der Waals surface area (Å²) in [7, 11) is 0. The fourth-order valence-corrected chi connectivity index (χ4v) is 1.74. The first-order valence-electron chi connectivity index (χ1n) is 6.83. The molecule has 0 amide bonds. The van der Waals surface area contributed by atoms with Gasteiger partial charge in [0.25, 0.3) is 0 Å². The lowest BCUT2D eigenvalue weighted by atomic mass is 10.1. The number of benzene rings is 1. The summed E-state index contributed by atoms with van der Waals surface area (Å²) in [6, 6.07) is 7.80. The van der Waals surface area contributed by atoms with Crippen LogP contribution in [0.3, 0.4) is 0 Å². The topological polar surface area (TPSA) is 46.5 Å². The maximum absolute atomic E-state index is 10.3. The van der Waals surface area contributed by atoms with Gasteiger partial charge >= 0.3 is 5.97 Å². The number of allylic oxidation sites excluding steroid dienone is 1. The van der Waals surface area contributed by atoms with E-state index >= 15 is 0 Å². The minimum atomic E-state index is -0.910. The molecule has 1 aromatic carbocycles. The number of unbranched alkanes of at least 4 members (excludes halogenated alkanes) is 3. The van der Waals surface area contributed by atoms with Crippen molar-refractivity contribution in [2.45, 2.75) is 39.0 Å². The number of aliphatic carboxylic acids is 1. The highest BCUT2D eigenvalue weighted by Gasteiger charge is 1.95. The number of hydrogen-bond acceptors (Lipinski definition) is 2. The van der Waals surface area contributed by atoms with Crippen LogP contribution in [-0.4, -0.2) is 17.7 Å². The molecule has 1 aromatic rings. The summed E-state index contributed by atoms with van der Waals surface area (Å²) in [5.74, 6) is -0.0329. The smallest absolute Gasteiger partial charge is 0.327 e. The van der Waals surface area contributed by atoms with Crippen LogP contribution < -0.4 is 4.74 Å². The Morgan fingerprint density at radius 1 is 1.21 bits per heavy atom. The van der Waals surface area contributed by atoms with Crippen molar-refractivity contribution >= 4 is 5.97 Å². The molecular formula is C16H22O3. The lowest BCUT2D eigenvalue weighted by Crippen LogP contribution is -1.97. The summed E-state index contributed by atoms with van der Waals surface area (Å²) in [5, 5.41) is 8.49. The van der Waals surface area contributed by atoms with Gasteiger partial charge in [-0.15, -0.1) is 0 Å². The predicted octanol–water partition coefficient (Wildman–Crippen LogP) is 3.83. The van der Waals surface area contributed by atoms with Gasteiger partial charge in [-0.05, 0) is 30.5 Å². The number of ether oxygens (including phenoxy) is 1. The predicted molar refractivity (Wildman–Crippen MR) is 76.6 cm³/mol. The van der Waals surface area contributed by atoms with E-state index in [0.29, 0.717) is 6.42 Å². The van der Waals surface area contributed by atoms with Crippen LogP contribution in [-0.2, 0) is 11.2 Å². The second kappa shape index (κ2) is 9.20. The molecule has 19 heavy (non-hydrogen) atoms. The normalized spacial score (nSPS) is 10.8. The summed E-state index contributed by atoms with van der Waals surface area (Å²) in [4.78, 5) is 10.3. The van der Waals surface area contributed by atoms with E-state index in [-0.39, 0.29) is 0 Å². The Hall–Kier alpha value is -1.77. The van der Waals surface area contributed by atoms with Gasteiger partial charge in [-0.25, -0.2) is 4.79 Å². The Kier molecular flexibility index (Phi) is 7.40. The van der Waals surface area contributed by atoms with Crippen molar-refractivity contribution in [1.29, 1.82) is 0 Å². The van der Waals surface area contributed by atoms with Gasteiger partial charge in [-0.1, -0.05) is 44.4 Å². The van der Waals surface area contributed by atoms with Gasteiger partial charge in [0.05, 0.1) is 6.61 Å². The SMILES string of the molecule is CCCCCCOc1ccc(C/C=C/C(=O)O)cc1. The van der Waals surface area contributed by atoms with E-state index in [2.05, 4.69) is 6.92 Å². The molecule has 0 aliphatic carbocycles. The fourth-order valence-electron chi connectivity index (χ4n) is 1.74. The summed E-state index contributed by atoms with van der Waals surface area (Å²) < 4.78 is 5.64. The molecule has 0 bridgehead atoms. The van der Waals surface area contributed by atoms with Crippen molar-refractivity contribution in [2.24, 2.45) is 0 Å². The van der Waals surface area contributed by atoms with Crippen molar-refractivity contribution in [3.05, 3.63) is 42.0 Å². The summed E-state index contributed by atoms with van der Waals surface area (Å²) >= 11 is 0. The highest BCUT2D eigenvalue weighted by atomic mass is 16.5. The second-order valence-electron chi connectivity index (χ2n) is 4.50. The largest absolute Gasteiger partial charge is 0.494 e. The molecule has 0 saturated carbocycles. The van der Waals surface area contributed by atoms with Gasteiger partial charge in [0.1, 0.15) is 5.75 Å². The third kappa shape index (κ3) is 7.29. The average Bonchev–Trinajstić information content (AvgIpc) is 2.40. The molecule has 3 heteroatoms. The third-order valence-electron chi connectivity index (χ3n) is 2.80. The van der Waals surface area contributed by atoms with Crippen LogP contribution in [0.5, 0.6) is 5.75 Å². The second-order valence-corrected chi connectivity index (χ2v) is 4.50. The molecule has 0 radical (unpaired) electrons. The van der Waals surface area contributed by atoms with Crippen LogP contribution >= 0.6 is 0 Å². The molecule has 3 nitrogen and oxygen atoms in total. The molecule has 0 atom stereocenters. The Balaban J connectivity index is 2.29. The molecular weight excluding hydrogens is 240 g/mol. The van der Waals surface area contributed by atoms with E-state index in [1.54, 1.807) is 6.08 Å². The maximum atomic E-state index is 10.3. The number of rotatable bonds is 9. The van der Waals surface area contributed by atoms with Crippen LogP contribution in [0.1, 0.15) is 38.2 Å². The first-order chi connectivity index (χ1) is 9.22. The first kappa shape index (κ1) is 15.3. The van der Waals surface area contributed by atoms with Gasteiger partial charge in [-0.2, -0.15) is 0 Å². The minimum Gasteiger partial charge on any atom is -0.494 e. The molecule has 0 aromatic heterocycles. The van der Waals surface area contributed by atoms with Gasteiger partial charge in [0, 0.05) is 6.08 Å². The highest BCUT2D eigenvalue weighted by Crippen LogP contribution is 2.13. The zero-order valence-electron chi connectivity index (χ0n) is 11.5. The van der Waals surface area contributed by atoms with Crippen LogP contribution in [0, 0.1) is 0 Å². The number of carboxylic acid groups (broad SMARTS) is 1. The van der Waals surface area contributed by atoms with Crippen molar-refractivity contribution < 1.29 is 14.6 Å². The van der Waals surface area contributed by atoms with Crippen LogP contribution in [0.2, 0.25) is 0 Å². The molecule has 1 N–H and O–H groups in total. The highest BCUT2D eigenvalue weighted by molar-refractivity contribution is 5.79. The summed E-state index contributed by atoms with van der Waals surface area (Å²) in [6.07, 6.45) is 8.24. The summed E-state index contributed by atoms with van der Waals surface area (Å²) in [5.41, 5.74) is 1.08.